The van der Waals surface area contributed by atoms with Crippen LogP contribution in [0, 0.1) is 0 Å². The highest BCUT2D eigenvalue weighted by Crippen LogP contribution is 2.38. The predicted molar refractivity (Wildman–Crippen MR) is 87.2 cm³/mol. The number of aromatic nitrogens is 1. The number of aryl methyl sites for hydroxylation is 1. The molecule has 0 aliphatic heterocycles. The molecule has 3 rings (SSSR count). The van der Waals surface area contributed by atoms with E-state index in [4.69, 9.17) is 28.2 Å². The second-order valence-corrected chi connectivity index (χ2v) is 6.13. The molecule has 20 heavy (non-hydrogen) atoms. The van der Waals surface area contributed by atoms with Gasteiger partial charge >= 0.3 is 0 Å². The Morgan fingerprint density at radius 3 is 2.75 bits per heavy atom. The third-order valence-electron chi connectivity index (χ3n) is 3.88. The van der Waals surface area contributed by atoms with Crippen LogP contribution in [0.1, 0.15) is 37.4 Å². The Labute approximate surface area is 129 Å². The van der Waals surface area contributed by atoms with E-state index in [-0.39, 0.29) is 0 Å². The highest BCUT2D eigenvalue weighted by atomic mass is 35.5. The summed E-state index contributed by atoms with van der Waals surface area (Å²) in [5, 5.41) is 5.84. The molecule has 0 saturated heterocycles. The third kappa shape index (κ3) is 2.47. The minimum Gasteiger partial charge on any atom is -0.384 e. The molecule has 0 fully saturated rings. The van der Waals surface area contributed by atoms with E-state index < -0.39 is 0 Å². The molecule has 1 aromatic heterocycles. The van der Waals surface area contributed by atoms with Crippen LogP contribution in [-0.4, -0.2) is 11.5 Å². The number of nitrogens with zero attached hydrogens (tertiary/aromatic N) is 1. The topological polar surface area (TPSA) is 24.9 Å². The highest BCUT2D eigenvalue weighted by molar-refractivity contribution is 6.39. The summed E-state index contributed by atoms with van der Waals surface area (Å²) in [4.78, 5) is 4.83. The van der Waals surface area contributed by atoms with Crippen molar-refractivity contribution >= 4 is 39.8 Å². The second-order valence-electron chi connectivity index (χ2n) is 5.28. The molecule has 0 amide bonds. The predicted octanol–water partition coefficient (Wildman–Crippen LogP) is 5.24. The van der Waals surface area contributed by atoms with Crippen molar-refractivity contribution < 1.29 is 0 Å². The molecule has 0 radical (unpaired) electrons. The van der Waals surface area contributed by atoms with Gasteiger partial charge in [-0.05, 0) is 50.3 Å². The van der Waals surface area contributed by atoms with E-state index in [2.05, 4.69) is 12.2 Å². The van der Waals surface area contributed by atoms with E-state index in [1.807, 2.05) is 6.07 Å². The van der Waals surface area contributed by atoms with E-state index in [1.165, 1.54) is 30.5 Å². The van der Waals surface area contributed by atoms with Gasteiger partial charge in [0.15, 0.2) is 0 Å². The molecule has 0 spiro atoms. The van der Waals surface area contributed by atoms with Crippen LogP contribution >= 0.6 is 23.2 Å². The monoisotopic (exact) mass is 308 g/mol. The number of pyridine rings is 1. The standard InChI is InChI=1S/C16H18Cl2N2/c1-2-19-16-11-6-4-3-5-7-13(11)20-14-9-10(17)8-12(18)15(14)16/h8-9H,2-7H2,1H3,(H,19,20). The molecule has 1 heterocycles. The van der Waals surface area contributed by atoms with Crippen LogP contribution in [0.4, 0.5) is 5.69 Å². The summed E-state index contributed by atoms with van der Waals surface area (Å²) in [6.45, 7) is 2.99. The molecule has 106 valence electrons. The minimum atomic E-state index is 0.644. The van der Waals surface area contributed by atoms with E-state index in [1.54, 1.807) is 6.07 Å². The van der Waals surface area contributed by atoms with Gasteiger partial charge in [-0.2, -0.15) is 0 Å². The van der Waals surface area contributed by atoms with Gasteiger partial charge in [0.2, 0.25) is 0 Å². The normalized spacial score (nSPS) is 14.9. The van der Waals surface area contributed by atoms with Gasteiger partial charge in [0, 0.05) is 22.6 Å². The molecular weight excluding hydrogens is 291 g/mol. The lowest BCUT2D eigenvalue weighted by Crippen LogP contribution is -2.06. The van der Waals surface area contributed by atoms with Gasteiger partial charge in [-0.25, -0.2) is 0 Å². The summed E-state index contributed by atoms with van der Waals surface area (Å²) < 4.78 is 0. The lowest BCUT2D eigenvalue weighted by atomic mass is 10.0. The van der Waals surface area contributed by atoms with Crippen molar-refractivity contribution in [2.75, 3.05) is 11.9 Å². The van der Waals surface area contributed by atoms with Crippen molar-refractivity contribution in [3.05, 3.63) is 33.4 Å². The largest absolute Gasteiger partial charge is 0.384 e. The Kier molecular flexibility index (Phi) is 4.04. The summed E-state index contributed by atoms with van der Waals surface area (Å²) in [7, 11) is 0. The molecule has 1 aromatic carbocycles. The lowest BCUT2D eigenvalue weighted by molar-refractivity contribution is 0.709. The zero-order valence-electron chi connectivity index (χ0n) is 11.6. The van der Waals surface area contributed by atoms with Crippen LogP contribution in [0.15, 0.2) is 12.1 Å². The Morgan fingerprint density at radius 1 is 1.15 bits per heavy atom. The van der Waals surface area contributed by atoms with Crippen LogP contribution < -0.4 is 5.32 Å². The Balaban J connectivity index is 2.33. The number of hydrogen-bond donors (Lipinski definition) is 1. The lowest BCUT2D eigenvalue weighted by Gasteiger charge is -2.17. The van der Waals surface area contributed by atoms with Crippen molar-refractivity contribution in [2.45, 2.75) is 39.0 Å². The summed E-state index contributed by atoms with van der Waals surface area (Å²) in [6, 6.07) is 3.71. The van der Waals surface area contributed by atoms with Crippen LogP contribution in [-0.2, 0) is 12.8 Å². The molecule has 4 heteroatoms. The van der Waals surface area contributed by atoms with Crippen molar-refractivity contribution in [3.63, 3.8) is 0 Å². The number of hydrogen-bond acceptors (Lipinski definition) is 2. The fourth-order valence-corrected chi connectivity index (χ4v) is 3.60. The first-order chi connectivity index (χ1) is 9.70. The number of anilines is 1. The number of halogens is 2. The number of benzene rings is 1. The molecule has 0 bridgehead atoms. The zero-order valence-corrected chi connectivity index (χ0v) is 13.1. The number of fused-ring (bicyclic) bond motifs is 2. The fraction of sp³-hybridized carbons (Fsp3) is 0.438. The maximum Gasteiger partial charge on any atom is 0.0756 e. The van der Waals surface area contributed by atoms with Crippen LogP contribution in [0.5, 0.6) is 0 Å². The van der Waals surface area contributed by atoms with Gasteiger partial charge in [-0.3, -0.25) is 4.98 Å². The Bertz CT molecular complexity index is 653. The smallest absolute Gasteiger partial charge is 0.0756 e. The quantitative estimate of drug-likeness (QED) is 0.767. The van der Waals surface area contributed by atoms with Gasteiger partial charge in [0.1, 0.15) is 0 Å². The van der Waals surface area contributed by atoms with Gasteiger partial charge in [-0.15, -0.1) is 0 Å². The van der Waals surface area contributed by atoms with E-state index in [0.29, 0.717) is 10.0 Å². The maximum atomic E-state index is 6.42. The molecule has 1 aliphatic carbocycles. The molecule has 1 N–H and O–H groups in total. The number of nitrogens with one attached hydrogen (secondary N) is 1. The maximum absolute atomic E-state index is 6.42. The first-order valence-electron chi connectivity index (χ1n) is 7.25. The molecule has 0 atom stereocenters. The third-order valence-corrected chi connectivity index (χ3v) is 4.40. The summed E-state index contributed by atoms with van der Waals surface area (Å²) in [5.74, 6) is 0. The van der Waals surface area contributed by atoms with E-state index in [9.17, 15) is 0 Å². The van der Waals surface area contributed by atoms with Crippen LogP contribution in [0.2, 0.25) is 10.0 Å². The highest BCUT2D eigenvalue weighted by Gasteiger charge is 2.18. The zero-order chi connectivity index (χ0) is 14.1. The van der Waals surface area contributed by atoms with Gasteiger partial charge in [0.25, 0.3) is 0 Å². The van der Waals surface area contributed by atoms with Crippen LogP contribution in [0.25, 0.3) is 10.9 Å². The van der Waals surface area contributed by atoms with Crippen molar-refractivity contribution in [1.29, 1.82) is 0 Å². The number of rotatable bonds is 2. The average Bonchev–Trinajstić information content (AvgIpc) is 2.63. The first-order valence-corrected chi connectivity index (χ1v) is 8.00. The molecule has 1 aliphatic rings. The van der Waals surface area contributed by atoms with Gasteiger partial charge < -0.3 is 5.32 Å². The molecule has 0 saturated carbocycles. The van der Waals surface area contributed by atoms with Crippen LogP contribution in [0.3, 0.4) is 0 Å². The summed E-state index contributed by atoms with van der Waals surface area (Å²) >= 11 is 12.5. The minimum absolute atomic E-state index is 0.644. The van der Waals surface area contributed by atoms with E-state index >= 15 is 0 Å². The van der Waals surface area contributed by atoms with Crippen molar-refractivity contribution in [3.8, 4) is 0 Å². The average molecular weight is 309 g/mol. The molecule has 0 unspecified atom stereocenters. The van der Waals surface area contributed by atoms with Crippen molar-refractivity contribution in [2.24, 2.45) is 0 Å². The van der Waals surface area contributed by atoms with Gasteiger partial charge in [-0.1, -0.05) is 29.6 Å². The molecule has 2 nitrogen and oxygen atoms in total. The molecular formula is C16H18Cl2N2. The molecule has 2 aromatic rings. The second kappa shape index (κ2) is 5.79. The summed E-state index contributed by atoms with van der Waals surface area (Å²) in [6.07, 6.45) is 5.84. The van der Waals surface area contributed by atoms with Gasteiger partial charge in [0.05, 0.1) is 16.2 Å². The Morgan fingerprint density at radius 2 is 1.95 bits per heavy atom. The fourth-order valence-electron chi connectivity index (χ4n) is 3.02. The summed E-state index contributed by atoms with van der Waals surface area (Å²) in [5.41, 5.74) is 4.63. The Hall–Kier alpha value is -0.990. The first kappa shape index (κ1) is 14.0. The van der Waals surface area contributed by atoms with E-state index in [0.717, 1.165) is 36.0 Å². The SMILES string of the molecule is CCNc1c2c(nc3cc(Cl)cc(Cl)c13)CCCCC2. The van der Waals surface area contributed by atoms with Crippen molar-refractivity contribution in [1.82, 2.24) is 4.98 Å².